The standard InChI is InChI=1S/C10H15F3N2OS/c1-6(2)15-5-9(3,16)7-4-14-8(17-7)10(11,12)13/h4,6,15-16H,5H2,1-3H3. The van der Waals surface area contributed by atoms with Crippen LogP contribution in [0.5, 0.6) is 0 Å². The van der Waals surface area contributed by atoms with E-state index in [1.807, 2.05) is 13.8 Å². The molecule has 1 atom stereocenters. The highest BCUT2D eigenvalue weighted by Gasteiger charge is 2.37. The first-order valence-electron chi connectivity index (χ1n) is 5.12. The van der Waals surface area contributed by atoms with Crippen LogP contribution in [0.25, 0.3) is 0 Å². The fourth-order valence-corrected chi connectivity index (χ4v) is 1.97. The van der Waals surface area contributed by atoms with Crippen molar-refractivity contribution in [3.8, 4) is 0 Å². The van der Waals surface area contributed by atoms with Crippen molar-refractivity contribution < 1.29 is 18.3 Å². The maximum atomic E-state index is 12.4. The molecule has 0 aliphatic heterocycles. The molecule has 1 unspecified atom stereocenters. The Kier molecular flexibility index (Phi) is 4.16. The van der Waals surface area contributed by atoms with Crippen LogP contribution >= 0.6 is 11.3 Å². The van der Waals surface area contributed by atoms with Gasteiger partial charge in [-0.1, -0.05) is 13.8 Å². The summed E-state index contributed by atoms with van der Waals surface area (Å²) in [6.45, 7) is 5.44. The summed E-state index contributed by atoms with van der Waals surface area (Å²) >= 11 is 0.472. The molecule has 0 spiro atoms. The maximum absolute atomic E-state index is 12.4. The molecule has 2 N–H and O–H groups in total. The lowest BCUT2D eigenvalue weighted by molar-refractivity contribution is -0.137. The number of nitrogens with one attached hydrogen (secondary N) is 1. The van der Waals surface area contributed by atoms with Gasteiger partial charge in [0.15, 0.2) is 5.01 Å². The Labute approximate surface area is 102 Å². The molecule has 0 saturated heterocycles. The minimum atomic E-state index is -4.45. The fraction of sp³-hybridized carbons (Fsp3) is 0.700. The molecular formula is C10H15F3N2OS. The zero-order valence-corrected chi connectivity index (χ0v) is 10.6. The molecule has 0 saturated carbocycles. The summed E-state index contributed by atoms with van der Waals surface area (Å²) in [5.41, 5.74) is -1.34. The van der Waals surface area contributed by atoms with E-state index in [1.165, 1.54) is 6.92 Å². The SMILES string of the molecule is CC(C)NCC(C)(O)c1cnc(C(F)(F)F)s1. The minimum absolute atomic E-state index is 0.150. The van der Waals surface area contributed by atoms with Gasteiger partial charge in [0.05, 0.1) is 4.88 Å². The summed E-state index contributed by atoms with van der Waals surface area (Å²) < 4.78 is 37.1. The Morgan fingerprint density at radius 3 is 2.47 bits per heavy atom. The van der Waals surface area contributed by atoms with Crippen LogP contribution in [0.4, 0.5) is 13.2 Å². The van der Waals surface area contributed by atoms with Crippen LogP contribution in [0, 0.1) is 0 Å². The van der Waals surface area contributed by atoms with Crippen molar-refractivity contribution in [1.82, 2.24) is 10.3 Å². The summed E-state index contributed by atoms with van der Waals surface area (Å²) in [6.07, 6.45) is -3.38. The van der Waals surface area contributed by atoms with Crippen molar-refractivity contribution in [3.63, 3.8) is 0 Å². The van der Waals surface area contributed by atoms with Gasteiger partial charge >= 0.3 is 6.18 Å². The van der Waals surface area contributed by atoms with Gasteiger partial charge in [-0.15, -0.1) is 11.3 Å². The van der Waals surface area contributed by atoms with Gasteiger partial charge in [-0.25, -0.2) is 4.98 Å². The lowest BCUT2D eigenvalue weighted by atomic mass is 10.1. The van der Waals surface area contributed by atoms with E-state index in [2.05, 4.69) is 10.3 Å². The maximum Gasteiger partial charge on any atom is 0.443 e. The number of hydrogen-bond donors (Lipinski definition) is 2. The molecule has 98 valence electrons. The van der Waals surface area contributed by atoms with Crippen molar-refractivity contribution in [2.45, 2.75) is 38.6 Å². The molecule has 1 rings (SSSR count). The Morgan fingerprint density at radius 2 is 2.06 bits per heavy atom. The molecule has 1 aromatic rings. The smallest absolute Gasteiger partial charge is 0.383 e. The number of rotatable bonds is 4. The summed E-state index contributed by atoms with van der Waals surface area (Å²) in [6, 6.07) is 0.150. The molecule has 0 aromatic carbocycles. The number of nitrogens with zero attached hydrogens (tertiary/aromatic N) is 1. The molecule has 0 bridgehead atoms. The largest absolute Gasteiger partial charge is 0.443 e. The van der Waals surface area contributed by atoms with E-state index in [9.17, 15) is 18.3 Å². The number of alkyl halides is 3. The van der Waals surface area contributed by atoms with Gasteiger partial charge in [0.25, 0.3) is 0 Å². The highest BCUT2D eigenvalue weighted by Crippen LogP contribution is 2.35. The van der Waals surface area contributed by atoms with Crippen LogP contribution in [0.15, 0.2) is 6.20 Å². The van der Waals surface area contributed by atoms with Gasteiger partial charge in [-0.05, 0) is 6.92 Å². The van der Waals surface area contributed by atoms with Gasteiger partial charge in [0.1, 0.15) is 5.60 Å². The van der Waals surface area contributed by atoms with E-state index in [4.69, 9.17) is 0 Å². The van der Waals surface area contributed by atoms with E-state index in [0.717, 1.165) is 6.20 Å². The van der Waals surface area contributed by atoms with Gasteiger partial charge in [0, 0.05) is 18.8 Å². The molecule has 0 aliphatic carbocycles. The number of hydrogen-bond acceptors (Lipinski definition) is 4. The van der Waals surface area contributed by atoms with E-state index in [0.29, 0.717) is 11.3 Å². The highest BCUT2D eigenvalue weighted by molar-refractivity contribution is 7.11. The fourth-order valence-electron chi connectivity index (χ4n) is 1.14. The van der Waals surface area contributed by atoms with Crippen molar-refractivity contribution in [2.24, 2.45) is 0 Å². The summed E-state index contributed by atoms with van der Waals surface area (Å²) in [4.78, 5) is 3.49. The average molecular weight is 268 g/mol. The Bertz CT molecular complexity index is 374. The third-order valence-electron chi connectivity index (χ3n) is 2.13. The summed E-state index contributed by atoms with van der Waals surface area (Å²) in [7, 11) is 0. The third-order valence-corrected chi connectivity index (χ3v) is 3.43. The lowest BCUT2D eigenvalue weighted by Crippen LogP contribution is -2.38. The normalized spacial score (nSPS) is 16.2. The summed E-state index contributed by atoms with van der Waals surface area (Å²) in [5, 5.41) is 12.1. The first-order valence-corrected chi connectivity index (χ1v) is 5.94. The molecule has 0 amide bonds. The molecule has 0 fully saturated rings. The highest BCUT2D eigenvalue weighted by atomic mass is 32.1. The molecule has 1 heterocycles. The van der Waals surface area contributed by atoms with Crippen LogP contribution in [-0.2, 0) is 11.8 Å². The van der Waals surface area contributed by atoms with Gasteiger partial charge in [-0.2, -0.15) is 13.2 Å². The number of thiazole rings is 1. The second-order valence-electron chi connectivity index (χ2n) is 4.34. The topological polar surface area (TPSA) is 45.1 Å². The van der Waals surface area contributed by atoms with Crippen molar-refractivity contribution >= 4 is 11.3 Å². The first-order chi connectivity index (χ1) is 7.63. The van der Waals surface area contributed by atoms with E-state index in [-0.39, 0.29) is 17.5 Å². The van der Waals surface area contributed by atoms with Crippen LogP contribution in [0.1, 0.15) is 30.7 Å². The number of aromatic nitrogens is 1. The van der Waals surface area contributed by atoms with E-state index in [1.54, 1.807) is 0 Å². The minimum Gasteiger partial charge on any atom is -0.383 e. The third kappa shape index (κ3) is 3.93. The number of halogens is 3. The molecule has 3 nitrogen and oxygen atoms in total. The average Bonchev–Trinajstić information content (AvgIpc) is 2.63. The predicted molar refractivity (Wildman–Crippen MR) is 59.8 cm³/mol. The molecule has 17 heavy (non-hydrogen) atoms. The Hall–Kier alpha value is -0.660. The van der Waals surface area contributed by atoms with Gasteiger partial charge in [0.2, 0.25) is 0 Å². The van der Waals surface area contributed by atoms with Crippen molar-refractivity contribution in [1.29, 1.82) is 0 Å². The van der Waals surface area contributed by atoms with E-state index < -0.39 is 16.8 Å². The van der Waals surface area contributed by atoms with Crippen LogP contribution in [0.3, 0.4) is 0 Å². The zero-order chi connectivity index (χ0) is 13.3. The molecular weight excluding hydrogens is 253 g/mol. The first kappa shape index (κ1) is 14.4. The quantitative estimate of drug-likeness (QED) is 0.881. The number of aliphatic hydroxyl groups is 1. The summed E-state index contributed by atoms with van der Waals surface area (Å²) in [5.74, 6) is 0. The molecule has 7 heteroatoms. The molecule has 1 aromatic heterocycles. The molecule has 0 radical (unpaired) electrons. The van der Waals surface area contributed by atoms with Crippen LogP contribution in [-0.4, -0.2) is 22.7 Å². The lowest BCUT2D eigenvalue weighted by Gasteiger charge is -2.23. The monoisotopic (exact) mass is 268 g/mol. The van der Waals surface area contributed by atoms with E-state index >= 15 is 0 Å². The second-order valence-corrected chi connectivity index (χ2v) is 5.37. The van der Waals surface area contributed by atoms with Crippen LogP contribution < -0.4 is 5.32 Å². The Balaban J connectivity index is 2.81. The van der Waals surface area contributed by atoms with Gasteiger partial charge < -0.3 is 10.4 Å². The molecule has 0 aliphatic rings. The van der Waals surface area contributed by atoms with Gasteiger partial charge in [-0.3, -0.25) is 0 Å². The van der Waals surface area contributed by atoms with Crippen LogP contribution in [0.2, 0.25) is 0 Å². The zero-order valence-electron chi connectivity index (χ0n) is 9.80. The van der Waals surface area contributed by atoms with Crippen molar-refractivity contribution in [2.75, 3.05) is 6.54 Å². The Morgan fingerprint density at radius 1 is 1.47 bits per heavy atom. The second kappa shape index (κ2) is 4.91. The van der Waals surface area contributed by atoms with Crippen molar-refractivity contribution in [3.05, 3.63) is 16.1 Å². The predicted octanol–water partition coefficient (Wildman–Crippen LogP) is 2.37.